The van der Waals surface area contributed by atoms with Gasteiger partial charge in [0.05, 0.1) is 25.0 Å². The molecule has 0 spiro atoms. The molecule has 0 N–H and O–H groups in total. The second-order valence-electron chi connectivity index (χ2n) is 10.4. The number of rotatable bonds is 3. The Hall–Kier alpha value is -1.50. The Morgan fingerprint density at radius 2 is 1.64 bits per heavy atom. The van der Waals surface area contributed by atoms with Crippen molar-refractivity contribution in [1.29, 1.82) is 0 Å². The maximum atomic E-state index is 12.9. The Morgan fingerprint density at radius 1 is 1.07 bits per heavy atom. The summed E-state index contributed by atoms with van der Waals surface area (Å²) < 4.78 is 17.2. The molecule has 0 aliphatic carbocycles. The van der Waals surface area contributed by atoms with Crippen LogP contribution in [0.5, 0.6) is 0 Å². The van der Waals surface area contributed by atoms with Gasteiger partial charge in [0.2, 0.25) is 8.32 Å². The minimum absolute atomic E-state index is 0.0397. The van der Waals surface area contributed by atoms with Gasteiger partial charge >= 0.3 is 12.1 Å². The van der Waals surface area contributed by atoms with E-state index in [0.717, 1.165) is 24.2 Å². The average Bonchev–Trinajstić information content (AvgIpc) is 3.06. The summed E-state index contributed by atoms with van der Waals surface area (Å²) in [6, 6.07) is -0.408. The predicted molar refractivity (Wildman–Crippen MR) is 111 cm³/mol. The van der Waals surface area contributed by atoms with E-state index in [9.17, 15) is 9.59 Å². The van der Waals surface area contributed by atoms with Crippen molar-refractivity contribution in [1.82, 2.24) is 4.90 Å². The first kappa shape index (κ1) is 22.8. The number of esters is 1. The van der Waals surface area contributed by atoms with E-state index >= 15 is 0 Å². The number of ether oxygens (including phenoxy) is 2. The summed E-state index contributed by atoms with van der Waals surface area (Å²) in [5.74, 6) is -0.0299. The molecular formula is C21H37NO5Si. The highest BCUT2D eigenvalue weighted by atomic mass is 28.4. The van der Waals surface area contributed by atoms with Gasteiger partial charge in [-0.1, -0.05) is 20.8 Å². The minimum atomic E-state index is -2.07. The molecule has 3 atom stereocenters. The molecule has 28 heavy (non-hydrogen) atoms. The predicted octanol–water partition coefficient (Wildman–Crippen LogP) is 4.85. The highest BCUT2D eigenvalue weighted by Crippen LogP contribution is 2.49. The molecule has 2 fully saturated rings. The van der Waals surface area contributed by atoms with Crippen LogP contribution in [0.25, 0.3) is 0 Å². The molecule has 1 amide bonds. The summed E-state index contributed by atoms with van der Waals surface area (Å²) >= 11 is 0. The van der Waals surface area contributed by atoms with Crippen molar-refractivity contribution >= 4 is 20.4 Å². The zero-order chi connectivity index (χ0) is 21.7. The van der Waals surface area contributed by atoms with Gasteiger partial charge in [-0.25, -0.2) is 4.79 Å². The van der Waals surface area contributed by atoms with Crippen LogP contribution in [-0.2, 0) is 18.7 Å². The van der Waals surface area contributed by atoms with Crippen molar-refractivity contribution in [3.63, 3.8) is 0 Å². The lowest BCUT2D eigenvalue weighted by Gasteiger charge is -2.38. The van der Waals surface area contributed by atoms with Gasteiger partial charge in [-0.3, -0.25) is 9.69 Å². The Morgan fingerprint density at radius 3 is 2.11 bits per heavy atom. The topological polar surface area (TPSA) is 65.1 Å². The van der Waals surface area contributed by atoms with Crippen LogP contribution < -0.4 is 0 Å². The molecule has 0 aromatic rings. The van der Waals surface area contributed by atoms with E-state index in [0.29, 0.717) is 0 Å². The van der Waals surface area contributed by atoms with Crippen molar-refractivity contribution in [2.75, 3.05) is 7.11 Å². The molecule has 2 bridgehead atoms. The highest BCUT2D eigenvalue weighted by Gasteiger charge is 2.57. The quantitative estimate of drug-likeness (QED) is 0.377. The highest BCUT2D eigenvalue weighted by molar-refractivity contribution is 6.74. The number of fused-ring (bicyclic) bond motifs is 2. The van der Waals surface area contributed by atoms with Crippen molar-refractivity contribution in [3.05, 3.63) is 11.3 Å². The van der Waals surface area contributed by atoms with Crippen LogP contribution in [0.2, 0.25) is 18.1 Å². The maximum absolute atomic E-state index is 12.9. The zero-order valence-corrected chi connectivity index (χ0v) is 20.1. The summed E-state index contributed by atoms with van der Waals surface area (Å²) in [5, 5.41) is 0.0397. The van der Waals surface area contributed by atoms with E-state index in [2.05, 4.69) is 33.9 Å². The first-order chi connectivity index (χ1) is 12.6. The van der Waals surface area contributed by atoms with Crippen LogP contribution in [0.3, 0.4) is 0 Å². The molecule has 6 nitrogen and oxygen atoms in total. The molecule has 0 aromatic heterocycles. The number of allylic oxidation sites excluding steroid dienone is 1. The molecule has 0 saturated carbocycles. The van der Waals surface area contributed by atoms with Gasteiger partial charge in [0.25, 0.3) is 0 Å². The van der Waals surface area contributed by atoms with Gasteiger partial charge in [-0.05, 0) is 58.7 Å². The molecule has 2 aliphatic rings. The summed E-state index contributed by atoms with van der Waals surface area (Å²) in [5.41, 5.74) is 0.301. The van der Waals surface area contributed by atoms with Gasteiger partial charge in [0.1, 0.15) is 11.5 Å². The summed E-state index contributed by atoms with van der Waals surface area (Å²) in [6.07, 6.45) is 1.20. The molecule has 2 heterocycles. The van der Waals surface area contributed by atoms with Crippen LogP contribution >= 0.6 is 0 Å². The SMILES string of the molecule is COC(=O)[C@@H]1/C(=C(\C)O[Si](C)(C)C(C)(C)C)[C@@H]2CC[C@H]1N2C(=O)OC(C)(C)C. The molecule has 0 unspecified atom stereocenters. The van der Waals surface area contributed by atoms with Crippen molar-refractivity contribution in [3.8, 4) is 0 Å². The maximum Gasteiger partial charge on any atom is 0.411 e. The number of amides is 1. The number of carbonyl (C=O) groups is 2. The fraction of sp³-hybridized carbons (Fsp3) is 0.810. The van der Waals surface area contributed by atoms with Gasteiger partial charge in [0.15, 0.2) is 0 Å². The normalized spacial score (nSPS) is 26.9. The first-order valence-electron chi connectivity index (χ1n) is 10.1. The van der Waals surface area contributed by atoms with Crippen LogP contribution in [0, 0.1) is 5.92 Å². The lowest BCUT2D eigenvalue weighted by molar-refractivity contribution is -0.145. The van der Waals surface area contributed by atoms with Crippen LogP contribution in [0.15, 0.2) is 11.3 Å². The average molecular weight is 412 g/mol. The van der Waals surface area contributed by atoms with E-state index in [1.807, 2.05) is 27.7 Å². The molecular weight excluding hydrogens is 374 g/mol. The number of nitrogens with zero attached hydrogens (tertiary/aromatic N) is 1. The lowest BCUT2D eigenvalue weighted by Crippen LogP contribution is -2.41. The molecule has 7 heteroatoms. The van der Waals surface area contributed by atoms with Crippen LogP contribution in [0.1, 0.15) is 61.3 Å². The van der Waals surface area contributed by atoms with Gasteiger partial charge in [-0.2, -0.15) is 0 Å². The summed E-state index contributed by atoms with van der Waals surface area (Å²) in [7, 11) is -0.673. The Bertz CT molecular complexity index is 671. The van der Waals surface area contributed by atoms with Crippen molar-refractivity contribution < 1.29 is 23.5 Å². The fourth-order valence-electron chi connectivity index (χ4n) is 3.92. The Kier molecular flexibility index (Phi) is 6.01. The molecule has 0 aromatic carbocycles. The largest absolute Gasteiger partial charge is 0.547 e. The number of carbonyl (C=O) groups excluding carboxylic acids is 2. The van der Waals surface area contributed by atoms with Gasteiger partial charge < -0.3 is 13.9 Å². The second-order valence-corrected chi connectivity index (χ2v) is 15.1. The van der Waals surface area contributed by atoms with E-state index in [1.54, 1.807) is 4.90 Å². The molecule has 160 valence electrons. The number of hydrogen-bond donors (Lipinski definition) is 0. The van der Waals surface area contributed by atoms with E-state index in [4.69, 9.17) is 13.9 Å². The third-order valence-electron chi connectivity index (χ3n) is 6.19. The lowest BCUT2D eigenvalue weighted by atomic mass is 9.83. The van der Waals surface area contributed by atoms with Crippen molar-refractivity contribution in [2.24, 2.45) is 5.92 Å². The van der Waals surface area contributed by atoms with E-state index < -0.39 is 19.8 Å². The zero-order valence-electron chi connectivity index (χ0n) is 19.1. The molecule has 2 rings (SSSR count). The second kappa shape index (κ2) is 7.39. The van der Waals surface area contributed by atoms with E-state index in [-0.39, 0.29) is 29.2 Å². The van der Waals surface area contributed by atoms with Crippen molar-refractivity contribution in [2.45, 2.75) is 97.1 Å². The smallest absolute Gasteiger partial charge is 0.411 e. The minimum Gasteiger partial charge on any atom is -0.547 e. The van der Waals surface area contributed by atoms with Crippen LogP contribution in [0.4, 0.5) is 4.79 Å². The van der Waals surface area contributed by atoms with Crippen LogP contribution in [-0.4, -0.2) is 50.1 Å². The third-order valence-corrected chi connectivity index (χ3v) is 10.6. The summed E-state index contributed by atoms with van der Waals surface area (Å²) in [6.45, 7) is 18.4. The summed E-state index contributed by atoms with van der Waals surface area (Å²) in [4.78, 5) is 27.3. The fourth-order valence-corrected chi connectivity index (χ4v) is 5.11. The van der Waals surface area contributed by atoms with Gasteiger partial charge in [0, 0.05) is 5.57 Å². The standard InChI is InChI=1S/C21H37NO5Si/c1-13(27-28(9,10)21(5,6)7)16-14-11-12-15(17(16)18(23)25-8)22(14)19(24)26-20(2,3)4/h14-15,17H,11-12H2,1-10H3/b16-13+/t14-,15+,17-/m0/s1. The Balaban J connectivity index is 2.44. The number of methoxy groups -OCH3 is 1. The monoisotopic (exact) mass is 411 g/mol. The third kappa shape index (κ3) is 4.24. The molecule has 2 saturated heterocycles. The van der Waals surface area contributed by atoms with Gasteiger partial charge in [-0.15, -0.1) is 0 Å². The molecule has 2 aliphatic heterocycles. The first-order valence-corrected chi connectivity index (χ1v) is 13.0. The molecule has 0 radical (unpaired) electrons. The Labute approximate surface area is 170 Å². The van der Waals surface area contributed by atoms with E-state index in [1.165, 1.54) is 7.11 Å². The number of hydrogen-bond acceptors (Lipinski definition) is 5.